The van der Waals surface area contributed by atoms with Gasteiger partial charge in [-0.15, -0.1) is 0 Å². The fraction of sp³-hybridized carbons (Fsp3) is 0.350. The summed E-state index contributed by atoms with van der Waals surface area (Å²) in [6.07, 6.45) is 5.26. The highest BCUT2D eigenvalue weighted by Crippen LogP contribution is 2.34. The van der Waals surface area contributed by atoms with Crippen LogP contribution >= 0.6 is 0 Å². The number of oxime groups is 1. The highest BCUT2D eigenvalue weighted by molar-refractivity contribution is 6.43. The Kier molecular flexibility index (Phi) is 5.04. The maximum absolute atomic E-state index is 13.5. The van der Waals surface area contributed by atoms with E-state index in [0.29, 0.717) is 36.5 Å². The first-order valence-corrected chi connectivity index (χ1v) is 9.16. The normalized spacial score (nSPS) is 22.0. The molecule has 2 aliphatic rings. The van der Waals surface area contributed by atoms with E-state index in [9.17, 15) is 13.6 Å². The van der Waals surface area contributed by atoms with Crippen LogP contribution in [0.25, 0.3) is 0 Å². The van der Waals surface area contributed by atoms with Gasteiger partial charge in [-0.2, -0.15) is 0 Å². The third kappa shape index (κ3) is 4.01. The van der Waals surface area contributed by atoms with Gasteiger partial charge in [-0.1, -0.05) is 11.2 Å². The second kappa shape index (κ2) is 7.63. The average Bonchev–Trinajstić information content (AvgIpc) is 3.09. The maximum atomic E-state index is 13.5. The van der Waals surface area contributed by atoms with Gasteiger partial charge < -0.3 is 10.2 Å². The molecule has 0 bridgehead atoms. The van der Waals surface area contributed by atoms with Crippen LogP contribution in [0.15, 0.2) is 47.9 Å². The Labute approximate surface area is 161 Å². The molecule has 4 rings (SSSR count). The van der Waals surface area contributed by atoms with Gasteiger partial charge in [0, 0.05) is 25.7 Å². The smallest absolute Gasteiger partial charge is 0.273 e. The lowest BCUT2D eigenvalue weighted by atomic mass is 9.88. The van der Waals surface area contributed by atoms with Crippen LogP contribution in [0.1, 0.15) is 24.8 Å². The standard InChI is InChI=1S/C20H20F2N4O2/c21-16-5-4-14(9-17(16)22)12-26-8-2-6-20(13-26)10-18(25-28-20)19(27)24-15-3-1-7-23-11-15/h1,3-5,7,9,11H,2,6,8,10,12-13H2,(H,24,27). The Morgan fingerprint density at radius 2 is 2.18 bits per heavy atom. The number of halogens is 2. The maximum Gasteiger partial charge on any atom is 0.273 e. The molecule has 2 aromatic rings. The molecule has 1 aromatic carbocycles. The van der Waals surface area contributed by atoms with E-state index in [1.807, 2.05) is 0 Å². The molecular formula is C20H20F2N4O2. The Hall–Kier alpha value is -2.87. The molecule has 0 radical (unpaired) electrons. The van der Waals surface area contributed by atoms with Crippen molar-refractivity contribution in [2.24, 2.45) is 5.16 Å². The fourth-order valence-electron chi connectivity index (χ4n) is 3.72. The average molecular weight is 386 g/mol. The number of amides is 1. The molecule has 1 atom stereocenters. The van der Waals surface area contributed by atoms with Crippen molar-refractivity contribution in [1.29, 1.82) is 0 Å². The van der Waals surface area contributed by atoms with Crippen LogP contribution < -0.4 is 5.32 Å². The molecule has 0 saturated carbocycles. The van der Waals surface area contributed by atoms with Crippen molar-refractivity contribution in [1.82, 2.24) is 9.88 Å². The van der Waals surface area contributed by atoms with Crippen LogP contribution in [0.2, 0.25) is 0 Å². The van der Waals surface area contributed by atoms with Crippen LogP contribution in [0, 0.1) is 11.6 Å². The third-order valence-electron chi connectivity index (χ3n) is 5.03. The molecule has 1 spiro atoms. The second-order valence-corrected chi connectivity index (χ2v) is 7.25. The molecule has 0 aliphatic carbocycles. The summed E-state index contributed by atoms with van der Waals surface area (Å²) in [7, 11) is 0. The summed E-state index contributed by atoms with van der Waals surface area (Å²) in [6.45, 7) is 1.88. The minimum atomic E-state index is -0.851. The molecule has 1 fully saturated rings. The Morgan fingerprint density at radius 3 is 2.96 bits per heavy atom. The first-order valence-electron chi connectivity index (χ1n) is 9.16. The molecule has 8 heteroatoms. The summed E-state index contributed by atoms with van der Waals surface area (Å²) in [4.78, 5) is 24.2. The molecule has 1 amide bonds. The van der Waals surface area contributed by atoms with E-state index < -0.39 is 17.2 Å². The number of pyridine rings is 1. The molecule has 6 nitrogen and oxygen atoms in total. The predicted molar refractivity (Wildman–Crippen MR) is 99.6 cm³/mol. The van der Waals surface area contributed by atoms with Crippen LogP contribution in [0.4, 0.5) is 14.5 Å². The molecule has 28 heavy (non-hydrogen) atoms. The summed E-state index contributed by atoms with van der Waals surface area (Å²) < 4.78 is 26.6. The Morgan fingerprint density at radius 1 is 1.29 bits per heavy atom. The number of piperidine rings is 1. The molecule has 2 aliphatic heterocycles. The first-order chi connectivity index (χ1) is 13.5. The summed E-state index contributed by atoms with van der Waals surface area (Å²) in [5, 5.41) is 6.79. The van der Waals surface area contributed by atoms with E-state index in [4.69, 9.17) is 4.84 Å². The monoisotopic (exact) mass is 386 g/mol. The quantitative estimate of drug-likeness (QED) is 0.877. The number of hydrogen-bond donors (Lipinski definition) is 1. The van der Waals surface area contributed by atoms with Crippen molar-refractivity contribution in [2.75, 3.05) is 18.4 Å². The van der Waals surface area contributed by atoms with E-state index in [1.54, 1.807) is 30.6 Å². The van der Waals surface area contributed by atoms with Crippen molar-refractivity contribution in [3.8, 4) is 0 Å². The minimum Gasteiger partial charge on any atom is -0.387 e. The molecular weight excluding hydrogens is 366 g/mol. The molecule has 1 N–H and O–H groups in total. The fourth-order valence-corrected chi connectivity index (χ4v) is 3.72. The minimum absolute atomic E-state index is 0.303. The predicted octanol–water partition coefficient (Wildman–Crippen LogP) is 3.11. The van der Waals surface area contributed by atoms with Gasteiger partial charge in [0.05, 0.1) is 11.9 Å². The van der Waals surface area contributed by atoms with Gasteiger partial charge in [0.1, 0.15) is 5.71 Å². The molecule has 1 aromatic heterocycles. The number of likely N-dealkylation sites (tertiary alicyclic amines) is 1. The lowest BCUT2D eigenvalue weighted by Crippen LogP contribution is -2.48. The lowest BCUT2D eigenvalue weighted by molar-refractivity contribution is -0.110. The van der Waals surface area contributed by atoms with Gasteiger partial charge in [-0.25, -0.2) is 8.78 Å². The van der Waals surface area contributed by atoms with Gasteiger partial charge in [0.2, 0.25) is 0 Å². The number of nitrogens with one attached hydrogen (secondary N) is 1. The van der Waals surface area contributed by atoms with Gasteiger partial charge in [0.15, 0.2) is 17.2 Å². The van der Waals surface area contributed by atoms with Crippen LogP contribution in [-0.2, 0) is 16.2 Å². The third-order valence-corrected chi connectivity index (χ3v) is 5.03. The highest BCUT2D eigenvalue weighted by atomic mass is 19.2. The number of hydrogen-bond acceptors (Lipinski definition) is 5. The van der Waals surface area contributed by atoms with Gasteiger partial charge in [0.25, 0.3) is 5.91 Å². The Bertz CT molecular complexity index is 906. The van der Waals surface area contributed by atoms with E-state index >= 15 is 0 Å². The van der Waals surface area contributed by atoms with Crippen LogP contribution in [0.5, 0.6) is 0 Å². The molecule has 1 saturated heterocycles. The summed E-state index contributed by atoms with van der Waals surface area (Å²) in [5.74, 6) is -2.00. The number of nitrogens with zero attached hydrogens (tertiary/aromatic N) is 3. The molecule has 1 unspecified atom stereocenters. The van der Waals surface area contributed by atoms with Crippen molar-refractivity contribution in [2.45, 2.75) is 31.4 Å². The summed E-state index contributed by atoms with van der Waals surface area (Å²) >= 11 is 0. The van der Waals surface area contributed by atoms with E-state index in [1.165, 1.54) is 6.07 Å². The van der Waals surface area contributed by atoms with Gasteiger partial charge >= 0.3 is 0 Å². The van der Waals surface area contributed by atoms with E-state index in [0.717, 1.165) is 25.5 Å². The summed E-state index contributed by atoms with van der Waals surface area (Å²) in [5.41, 5.74) is 1.08. The molecule has 146 valence electrons. The highest BCUT2D eigenvalue weighted by Gasteiger charge is 2.44. The SMILES string of the molecule is O=C(Nc1cccnc1)C1=NOC2(CCCN(Cc3ccc(F)c(F)c3)C2)C1. The van der Waals surface area contributed by atoms with Crippen molar-refractivity contribution in [3.63, 3.8) is 0 Å². The number of anilines is 1. The zero-order chi connectivity index (χ0) is 19.6. The number of carbonyl (C=O) groups excluding carboxylic acids is 1. The Balaban J connectivity index is 1.38. The topological polar surface area (TPSA) is 66.8 Å². The second-order valence-electron chi connectivity index (χ2n) is 7.25. The molecule has 3 heterocycles. The number of aromatic nitrogens is 1. The van der Waals surface area contributed by atoms with Crippen LogP contribution in [-0.4, -0.2) is 40.2 Å². The lowest BCUT2D eigenvalue weighted by Gasteiger charge is -2.38. The van der Waals surface area contributed by atoms with Crippen molar-refractivity contribution < 1.29 is 18.4 Å². The summed E-state index contributed by atoms with van der Waals surface area (Å²) in [6, 6.07) is 7.43. The van der Waals surface area contributed by atoms with Gasteiger partial charge in [-0.05, 0) is 49.2 Å². The van der Waals surface area contributed by atoms with Crippen molar-refractivity contribution in [3.05, 3.63) is 59.9 Å². The van der Waals surface area contributed by atoms with E-state index in [-0.39, 0.29) is 5.91 Å². The number of benzene rings is 1. The van der Waals surface area contributed by atoms with E-state index in [2.05, 4.69) is 20.4 Å². The van der Waals surface area contributed by atoms with Crippen LogP contribution in [0.3, 0.4) is 0 Å². The first kappa shape index (κ1) is 18.5. The van der Waals surface area contributed by atoms with Gasteiger partial charge in [-0.3, -0.25) is 14.7 Å². The number of rotatable bonds is 4. The zero-order valence-corrected chi connectivity index (χ0v) is 15.2. The van der Waals surface area contributed by atoms with Crippen molar-refractivity contribution >= 4 is 17.3 Å². The largest absolute Gasteiger partial charge is 0.387 e. The zero-order valence-electron chi connectivity index (χ0n) is 15.2. The number of carbonyl (C=O) groups is 1.